The normalized spacial score (nSPS) is 16.8. The summed E-state index contributed by atoms with van der Waals surface area (Å²) < 4.78 is 29.4. The number of nitrogens with zero attached hydrogens (tertiary/aromatic N) is 4. The fourth-order valence-electron chi connectivity index (χ4n) is 3.97. The van der Waals surface area contributed by atoms with E-state index in [2.05, 4.69) is 14.3 Å². The number of aromatic nitrogens is 2. The standard InChI is InChI=1S/C23H27N5O3S/c1-5-28-18-12-8-7-11-17(18)24-20(28)14-27(4)23(29)21(15(2)3)25-22-16-10-6-9-13-19(16)32(30,31)26-22/h6-13,15,21H,5,14H2,1-4H3,(H,25,26)/t21-/m0/s1. The number of amidine groups is 1. The molecular formula is C23H27N5O3S. The van der Waals surface area contributed by atoms with Gasteiger partial charge in [0.2, 0.25) is 5.91 Å². The van der Waals surface area contributed by atoms with Gasteiger partial charge in [-0.05, 0) is 37.1 Å². The van der Waals surface area contributed by atoms with E-state index in [-0.39, 0.29) is 22.6 Å². The molecule has 0 bridgehead atoms. The molecule has 0 radical (unpaired) electrons. The summed E-state index contributed by atoms with van der Waals surface area (Å²) in [7, 11) is -1.94. The van der Waals surface area contributed by atoms with Gasteiger partial charge in [0, 0.05) is 19.2 Å². The molecule has 0 unspecified atom stereocenters. The summed E-state index contributed by atoms with van der Waals surface area (Å²) in [6, 6.07) is 13.8. The van der Waals surface area contributed by atoms with Crippen molar-refractivity contribution >= 4 is 32.8 Å². The van der Waals surface area contributed by atoms with Crippen LogP contribution in [-0.4, -0.2) is 47.7 Å². The van der Waals surface area contributed by atoms with Crippen LogP contribution < -0.4 is 4.72 Å². The molecule has 0 saturated heterocycles. The number of likely N-dealkylation sites (N-methyl/N-ethyl adjacent to an activating group) is 1. The quantitative estimate of drug-likeness (QED) is 0.621. The molecule has 0 aliphatic carbocycles. The second-order valence-electron chi connectivity index (χ2n) is 8.22. The Labute approximate surface area is 188 Å². The Hall–Kier alpha value is -3.20. The van der Waals surface area contributed by atoms with Gasteiger partial charge >= 0.3 is 0 Å². The van der Waals surface area contributed by atoms with Crippen LogP contribution in [0.5, 0.6) is 0 Å². The maximum absolute atomic E-state index is 13.4. The fourth-order valence-corrected chi connectivity index (χ4v) is 5.21. The number of aryl methyl sites for hydroxylation is 1. The number of rotatable bonds is 6. The largest absolute Gasteiger partial charge is 0.336 e. The Balaban J connectivity index is 1.63. The predicted molar refractivity (Wildman–Crippen MR) is 124 cm³/mol. The summed E-state index contributed by atoms with van der Waals surface area (Å²) in [4.78, 5) is 24.4. The van der Waals surface area contributed by atoms with Gasteiger partial charge in [0.1, 0.15) is 17.7 Å². The van der Waals surface area contributed by atoms with E-state index in [1.165, 1.54) is 6.07 Å². The summed E-state index contributed by atoms with van der Waals surface area (Å²) in [5, 5.41) is 0. The first-order valence-electron chi connectivity index (χ1n) is 10.6. The van der Waals surface area contributed by atoms with Crippen molar-refractivity contribution in [2.75, 3.05) is 7.05 Å². The van der Waals surface area contributed by atoms with Crippen LogP contribution in [0, 0.1) is 5.92 Å². The Kier molecular flexibility index (Phi) is 5.77. The minimum atomic E-state index is -3.66. The van der Waals surface area contributed by atoms with E-state index in [0.717, 1.165) is 23.4 Å². The van der Waals surface area contributed by atoms with Crippen molar-refractivity contribution in [3.8, 4) is 0 Å². The highest BCUT2D eigenvalue weighted by molar-refractivity contribution is 7.90. The molecule has 1 amide bonds. The molecule has 32 heavy (non-hydrogen) atoms. The van der Waals surface area contributed by atoms with Crippen molar-refractivity contribution < 1.29 is 13.2 Å². The summed E-state index contributed by atoms with van der Waals surface area (Å²) in [6.45, 7) is 6.92. The Morgan fingerprint density at radius 3 is 2.56 bits per heavy atom. The van der Waals surface area contributed by atoms with Crippen LogP contribution in [0.4, 0.5) is 0 Å². The van der Waals surface area contributed by atoms with Crippen LogP contribution in [-0.2, 0) is 27.9 Å². The van der Waals surface area contributed by atoms with Crippen LogP contribution in [0.25, 0.3) is 11.0 Å². The molecule has 1 aliphatic rings. The highest BCUT2D eigenvalue weighted by Gasteiger charge is 2.33. The number of amides is 1. The van der Waals surface area contributed by atoms with E-state index >= 15 is 0 Å². The summed E-state index contributed by atoms with van der Waals surface area (Å²) >= 11 is 0. The van der Waals surface area contributed by atoms with E-state index in [1.54, 1.807) is 30.1 Å². The molecule has 1 atom stereocenters. The fraction of sp³-hybridized carbons (Fsp3) is 0.348. The lowest BCUT2D eigenvalue weighted by Crippen LogP contribution is -2.40. The number of imidazole rings is 1. The van der Waals surface area contributed by atoms with E-state index < -0.39 is 16.1 Å². The maximum atomic E-state index is 13.4. The van der Waals surface area contributed by atoms with Crippen molar-refractivity contribution in [1.29, 1.82) is 0 Å². The van der Waals surface area contributed by atoms with Crippen LogP contribution in [0.3, 0.4) is 0 Å². The molecule has 1 aromatic heterocycles. The average molecular weight is 454 g/mol. The zero-order valence-corrected chi connectivity index (χ0v) is 19.4. The summed E-state index contributed by atoms with van der Waals surface area (Å²) in [6.07, 6.45) is 0. The van der Waals surface area contributed by atoms with Gasteiger partial charge in [-0.3, -0.25) is 14.5 Å². The lowest BCUT2D eigenvalue weighted by Gasteiger charge is -2.24. The third-order valence-corrected chi connectivity index (χ3v) is 7.02. The molecule has 168 valence electrons. The third-order valence-electron chi connectivity index (χ3n) is 5.62. The molecule has 1 aliphatic heterocycles. The second kappa shape index (κ2) is 8.38. The van der Waals surface area contributed by atoms with Crippen molar-refractivity contribution in [3.63, 3.8) is 0 Å². The van der Waals surface area contributed by atoms with E-state index in [9.17, 15) is 13.2 Å². The first-order chi connectivity index (χ1) is 15.2. The van der Waals surface area contributed by atoms with Crippen molar-refractivity contribution in [3.05, 3.63) is 59.9 Å². The van der Waals surface area contributed by atoms with Crippen LogP contribution in [0.2, 0.25) is 0 Å². The van der Waals surface area contributed by atoms with Crippen molar-refractivity contribution in [2.45, 2.75) is 44.8 Å². The molecule has 8 nitrogen and oxygen atoms in total. The van der Waals surface area contributed by atoms with Crippen molar-refractivity contribution in [1.82, 2.24) is 19.2 Å². The van der Waals surface area contributed by atoms with Gasteiger partial charge in [-0.15, -0.1) is 0 Å². The highest BCUT2D eigenvalue weighted by atomic mass is 32.2. The van der Waals surface area contributed by atoms with Gasteiger partial charge in [0.25, 0.3) is 10.0 Å². The predicted octanol–water partition coefficient (Wildman–Crippen LogP) is 2.78. The van der Waals surface area contributed by atoms with Crippen LogP contribution >= 0.6 is 0 Å². The third kappa shape index (κ3) is 3.88. The number of benzene rings is 2. The number of aliphatic imine (C=N–C) groups is 1. The number of carbonyl (C=O) groups is 1. The van der Waals surface area contributed by atoms with Crippen molar-refractivity contribution in [2.24, 2.45) is 10.9 Å². The Bertz CT molecular complexity index is 1310. The zero-order valence-electron chi connectivity index (χ0n) is 18.6. The maximum Gasteiger partial charge on any atom is 0.263 e. The monoisotopic (exact) mass is 453 g/mol. The molecular weight excluding hydrogens is 426 g/mol. The van der Waals surface area contributed by atoms with Gasteiger partial charge in [-0.25, -0.2) is 13.4 Å². The lowest BCUT2D eigenvalue weighted by atomic mass is 10.0. The SMILES string of the molecule is CCn1c(CN(C)C(=O)[C@@H](N=C2NS(=O)(=O)c3ccccc32)C(C)C)nc2ccccc21. The number of fused-ring (bicyclic) bond motifs is 2. The molecule has 2 heterocycles. The number of nitrogens with one attached hydrogen (secondary N) is 1. The molecule has 0 saturated carbocycles. The van der Waals surface area contributed by atoms with Gasteiger partial charge in [0.05, 0.1) is 22.5 Å². The molecule has 4 rings (SSSR count). The zero-order chi connectivity index (χ0) is 23.0. The van der Waals surface area contributed by atoms with Gasteiger partial charge in [-0.1, -0.05) is 38.1 Å². The van der Waals surface area contributed by atoms with Crippen LogP contribution in [0.1, 0.15) is 32.2 Å². The minimum Gasteiger partial charge on any atom is -0.336 e. The number of para-hydroxylation sites is 2. The van der Waals surface area contributed by atoms with Gasteiger partial charge < -0.3 is 9.47 Å². The molecule has 3 aromatic rings. The Morgan fingerprint density at radius 1 is 1.16 bits per heavy atom. The first-order valence-corrected chi connectivity index (χ1v) is 12.1. The molecule has 1 N–H and O–H groups in total. The van der Waals surface area contributed by atoms with E-state index in [4.69, 9.17) is 4.98 Å². The summed E-state index contributed by atoms with van der Waals surface area (Å²) in [5.41, 5.74) is 2.41. The van der Waals surface area contributed by atoms with Gasteiger partial charge in [0.15, 0.2) is 0 Å². The number of hydrogen-bond donors (Lipinski definition) is 1. The number of carbonyl (C=O) groups excluding carboxylic acids is 1. The van der Waals surface area contributed by atoms with E-state index in [0.29, 0.717) is 12.1 Å². The molecule has 0 spiro atoms. The summed E-state index contributed by atoms with van der Waals surface area (Å²) in [5.74, 6) is 0.693. The number of hydrogen-bond acceptors (Lipinski definition) is 5. The Morgan fingerprint density at radius 2 is 1.84 bits per heavy atom. The minimum absolute atomic E-state index is 0.125. The number of sulfonamides is 1. The molecule has 9 heteroatoms. The van der Waals surface area contributed by atoms with E-state index in [1.807, 2.05) is 45.0 Å². The lowest BCUT2D eigenvalue weighted by molar-refractivity contribution is -0.132. The van der Waals surface area contributed by atoms with Gasteiger partial charge in [-0.2, -0.15) is 0 Å². The second-order valence-corrected chi connectivity index (χ2v) is 9.87. The average Bonchev–Trinajstić information content (AvgIpc) is 3.24. The van der Waals surface area contributed by atoms with Crippen LogP contribution in [0.15, 0.2) is 58.4 Å². The highest BCUT2D eigenvalue weighted by Crippen LogP contribution is 2.24. The smallest absolute Gasteiger partial charge is 0.263 e. The topological polar surface area (TPSA) is 96.7 Å². The molecule has 0 fully saturated rings. The molecule has 2 aromatic carbocycles. The first kappa shape index (κ1) is 22.0.